The maximum Gasteiger partial charge on any atom is 0.343 e. The third-order valence-corrected chi connectivity index (χ3v) is 6.92. The van der Waals surface area contributed by atoms with Crippen molar-refractivity contribution in [2.75, 3.05) is 6.61 Å². The topological polar surface area (TPSA) is 127 Å². The minimum atomic E-state index is -1.10. The van der Waals surface area contributed by atoms with Crippen molar-refractivity contribution in [1.29, 1.82) is 0 Å². The van der Waals surface area contributed by atoms with Crippen molar-refractivity contribution >= 4 is 39.4 Å². The van der Waals surface area contributed by atoms with Crippen LogP contribution in [0.4, 0.5) is 0 Å². The van der Waals surface area contributed by atoms with Crippen molar-refractivity contribution in [3.05, 3.63) is 123 Å². The molecule has 0 saturated heterocycles. The molecule has 0 atom stereocenters. The van der Waals surface area contributed by atoms with Gasteiger partial charge in [-0.25, -0.2) is 9.59 Å². The van der Waals surface area contributed by atoms with E-state index in [1.54, 1.807) is 48.5 Å². The highest BCUT2D eigenvalue weighted by Gasteiger charge is 2.37. The molecule has 8 nitrogen and oxygen atoms in total. The molecular formula is C33H27BrO8. The van der Waals surface area contributed by atoms with Crippen molar-refractivity contribution in [2.24, 2.45) is 0 Å². The van der Waals surface area contributed by atoms with E-state index in [1.165, 1.54) is 36.4 Å². The summed E-state index contributed by atoms with van der Waals surface area (Å²) in [5.74, 6) is -6.64. The third-order valence-electron chi connectivity index (χ3n) is 6.39. The summed E-state index contributed by atoms with van der Waals surface area (Å²) < 4.78 is 11.6. The fraction of sp³-hybridized carbons (Fsp3) is 0.152. The van der Waals surface area contributed by atoms with Crippen molar-refractivity contribution in [1.82, 2.24) is 0 Å². The van der Waals surface area contributed by atoms with E-state index in [0.717, 1.165) is 12.8 Å². The number of ketones is 2. The molecule has 4 aromatic rings. The van der Waals surface area contributed by atoms with Gasteiger partial charge >= 0.3 is 11.9 Å². The monoisotopic (exact) mass is 630 g/mol. The average Bonchev–Trinajstić information content (AvgIpc) is 3.01. The lowest BCUT2D eigenvalue weighted by molar-refractivity contribution is 0.0489. The second-order valence-corrected chi connectivity index (χ2v) is 10.2. The van der Waals surface area contributed by atoms with Crippen molar-refractivity contribution in [3.8, 4) is 17.2 Å². The third kappa shape index (κ3) is 6.58. The van der Waals surface area contributed by atoms with E-state index in [4.69, 9.17) is 9.47 Å². The summed E-state index contributed by atoms with van der Waals surface area (Å²) in [6.07, 6.45) is 2.12. The molecule has 0 aliphatic heterocycles. The predicted octanol–water partition coefficient (Wildman–Crippen LogP) is 6.89. The molecule has 0 unspecified atom stereocenters. The molecule has 0 bridgehead atoms. The van der Waals surface area contributed by atoms with Crippen molar-refractivity contribution in [3.63, 3.8) is 0 Å². The summed E-state index contributed by atoms with van der Waals surface area (Å²) in [4.78, 5) is 54.5. The van der Waals surface area contributed by atoms with Gasteiger partial charge in [0.15, 0.2) is 23.1 Å². The number of halogens is 1. The van der Waals surface area contributed by atoms with Crippen LogP contribution in [0.2, 0.25) is 0 Å². The number of phenolic OH excluding ortho intramolecular Hbond substituents is 2. The van der Waals surface area contributed by atoms with Gasteiger partial charge in [0.25, 0.3) is 0 Å². The summed E-state index contributed by atoms with van der Waals surface area (Å²) in [5, 5.41) is 22.3. The van der Waals surface area contributed by atoms with Crippen LogP contribution < -0.4 is 4.74 Å². The van der Waals surface area contributed by atoms with Crippen LogP contribution in [-0.4, -0.2) is 40.3 Å². The number of carbonyl (C=O) groups is 4. The van der Waals surface area contributed by atoms with Crippen LogP contribution >= 0.6 is 15.9 Å². The molecule has 0 aromatic heterocycles. The number of hydrogen-bond acceptors (Lipinski definition) is 8. The van der Waals surface area contributed by atoms with Crippen LogP contribution in [0.5, 0.6) is 17.2 Å². The van der Waals surface area contributed by atoms with E-state index in [2.05, 4.69) is 15.9 Å². The number of phenols is 2. The number of esters is 2. The van der Waals surface area contributed by atoms with Gasteiger partial charge in [-0.1, -0.05) is 84.2 Å². The van der Waals surface area contributed by atoms with E-state index in [-0.39, 0.29) is 23.3 Å². The molecule has 0 saturated carbocycles. The molecule has 4 aromatic carbocycles. The first-order chi connectivity index (χ1) is 20.2. The lowest BCUT2D eigenvalue weighted by atomic mass is 9.88. The minimum Gasteiger partial charge on any atom is -0.504 e. The Balaban J connectivity index is 2.00. The number of rotatable bonds is 11. The molecule has 4 rings (SSSR count). The predicted molar refractivity (Wildman–Crippen MR) is 158 cm³/mol. The maximum absolute atomic E-state index is 14.1. The summed E-state index contributed by atoms with van der Waals surface area (Å²) in [5.41, 5.74) is -1.68. The Morgan fingerprint density at radius 3 is 1.79 bits per heavy atom. The Bertz CT molecular complexity index is 1610. The molecule has 0 radical (unpaired) electrons. The van der Waals surface area contributed by atoms with E-state index >= 15 is 0 Å². The number of ether oxygens (including phenoxy) is 2. The van der Waals surface area contributed by atoms with Crippen LogP contribution in [0.3, 0.4) is 0 Å². The largest absolute Gasteiger partial charge is 0.504 e. The number of aromatic hydroxyl groups is 2. The lowest BCUT2D eigenvalue weighted by Crippen LogP contribution is -2.22. The lowest BCUT2D eigenvalue weighted by Gasteiger charge is -2.20. The Morgan fingerprint density at radius 2 is 1.19 bits per heavy atom. The van der Waals surface area contributed by atoms with Crippen LogP contribution in [0, 0.1) is 0 Å². The standard InChI is InChI=1S/C33H27BrO8/c1-2-3-10-19-41-33(40)24-25(27(35)20-11-6-4-7-12-20)29(37)30(38)31(42-32(39)22-13-8-5-9-14-22)26(24)28(36)21-15-17-23(34)18-16-21/h4-9,11-18,37-38H,2-3,10,19H2,1H3. The van der Waals surface area contributed by atoms with E-state index in [0.29, 0.717) is 10.9 Å². The Labute approximate surface area is 250 Å². The smallest absolute Gasteiger partial charge is 0.343 e. The quantitative estimate of drug-likeness (QED) is 0.0603. The first kappa shape index (κ1) is 30.2. The molecule has 0 spiro atoms. The molecule has 0 heterocycles. The van der Waals surface area contributed by atoms with Crippen molar-refractivity contribution < 1.29 is 38.9 Å². The van der Waals surface area contributed by atoms with Gasteiger partial charge in [0.05, 0.1) is 28.9 Å². The second kappa shape index (κ2) is 13.7. The fourth-order valence-corrected chi connectivity index (χ4v) is 4.50. The number of benzene rings is 4. The summed E-state index contributed by atoms with van der Waals surface area (Å²) >= 11 is 3.31. The normalized spacial score (nSPS) is 10.6. The highest BCUT2D eigenvalue weighted by molar-refractivity contribution is 9.10. The van der Waals surface area contributed by atoms with Crippen molar-refractivity contribution in [2.45, 2.75) is 26.2 Å². The summed E-state index contributed by atoms with van der Waals surface area (Å²) in [7, 11) is 0. The van der Waals surface area contributed by atoms with E-state index in [1.807, 2.05) is 6.92 Å². The highest BCUT2D eigenvalue weighted by atomic mass is 79.9. The molecule has 9 heteroatoms. The van der Waals surface area contributed by atoms with Crippen LogP contribution in [0.1, 0.15) is 78.7 Å². The molecule has 214 valence electrons. The SMILES string of the molecule is CCCCCOC(=O)c1c(C(=O)c2ccccc2)c(O)c(O)c(OC(=O)c2ccccc2)c1C(=O)c1ccc(Br)cc1. The van der Waals surface area contributed by atoms with Gasteiger partial charge in [-0.2, -0.15) is 0 Å². The second-order valence-electron chi connectivity index (χ2n) is 9.28. The van der Waals surface area contributed by atoms with Gasteiger partial charge in [0.2, 0.25) is 5.75 Å². The Kier molecular flexibility index (Phi) is 9.88. The van der Waals surface area contributed by atoms with E-state index < -0.39 is 57.4 Å². The van der Waals surface area contributed by atoms with Gasteiger partial charge in [0, 0.05) is 15.6 Å². The number of carbonyl (C=O) groups excluding carboxylic acids is 4. The summed E-state index contributed by atoms with van der Waals surface area (Å²) in [6.45, 7) is 1.94. The number of unbranched alkanes of at least 4 members (excludes halogenated alkanes) is 2. The molecule has 0 aliphatic rings. The fourth-order valence-electron chi connectivity index (χ4n) is 4.24. The molecule has 0 aliphatic carbocycles. The molecule has 2 N–H and O–H groups in total. The highest BCUT2D eigenvalue weighted by Crippen LogP contribution is 2.46. The molecule has 0 fully saturated rings. The zero-order valence-corrected chi connectivity index (χ0v) is 24.2. The Hall–Kier alpha value is -4.76. The number of hydrogen-bond donors (Lipinski definition) is 2. The zero-order chi connectivity index (χ0) is 30.2. The molecule has 0 amide bonds. The first-order valence-corrected chi connectivity index (χ1v) is 14.0. The first-order valence-electron chi connectivity index (χ1n) is 13.2. The average molecular weight is 631 g/mol. The van der Waals surface area contributed by atoms with Crippen LogP contribution in [-0.2, 0) is 4.74 Å². The van der Waals surface area contributed by atoms with Gasteiger partial charge in [-0.05, 0) is 42.8 Å². The molecule has 42 heavy (non-hydrogen) atoms. The van der Waals surface area contributed by atoms with Gasteiger partial charge < -0.3 is 19.7 Å². The van der Waals surface area contributed by atoms with Crippen LogP contribution in [0.25, 0.3) is 0 Å². The van der Waals surface area contributed by atoms with Gasteiger partial charge in [0.1, 0.15) is 0 Å². The van der Waals surface area contributed by atoms with Gasteiger partial charge in [-0.3, -0.25) is 9.59 Å². The Morgan fingerprint density at radius 1 is 0.643 bits per heavy atom. The van der Waals surface area contributed by atoms with Gasteiger partial charge in [-0.15, -0.1) is 0 Å². The molecular weight excluding hydrogens is 604 g/mol. The zero-order valence-electron chi connectivity index (χ0n) is 22.6. The maximum atomic E-state index is 14.1. The van der Waals surface area contributed by atoms with E-state index in [9.17, 15) is 29.4 Å². The van der Waals surface area contributed by atoms with Crippen LogP contribution in [0.15, 0.2) is 89.4 Å². The summed E-state index contributed by atoms with van der Waals surface area (Å²) in [6, 6.07) is 21.6. The minimum absolute atomic E-state index is 0.0294.